The zero-order valence-corrected chi connectivity index (χ0v) is 15.4. The van der Waals surface area contributed by atoms with Crippen molar-refractivity contribution in [1.29, 1.82) is 0 Å². The molecule has 0 bridgehead atoms. The van der Waals surface area contributed by atoms with Gasteiger partial charge in [0.1, 0.15) is 0 Å². The highest BCUT2D eigenvalue weighted by molar-refractivity contribution is 14.0. The summed E-state index contributed by atoms with van der Waals surface area (Å²) in [6.07, 6.45) is 0. The van der Waals surface area contributed by atoms with Gasteiger partial charge in [0.25, 0.3) is 0 Å². The largest absolute Gasteiger partial charge is 0.355 e. The first-order valence-electron chi connectivity index (χ1n) is 6.53. The Labute approximate surface area is 144 Å². The standard InChI is InChI=1S/C14H23ClN4.HI/c1-4-19(3)10-9-17-14(16-2)18-11-12-5-7-13(15)8-6-12;/h5-8H,4,9-11H2,1-3H3,(H2,16,17,18);1H. The van der Waals surface area contributed by atoms with Gasteiger partial charge in [0, 0.05) is 31.7 Å². The summed E-state index contributed by atoms with van der Waals surface area (Å²) in [6, 6.07) is 7.80. The third-order valence-electron chi connectivity index (χ3n) is 2.92. The molecule has 0 heterocycles. The Bertz CT molecular complexity index is 395. The zero-order chi connectivity index (χ0) is 14.1. The summed E-state index contributed by atoms with van der Waals surface area (Å²) in [4.78, 5) is 6.44. The summed E-state index contributed by atoms with van der Waals surface area (Å²) in [5.41, 5.74) is 1.18. The van der Waals surface area contributed by atoms with Crippen LogP contribution in [0.15, 0.2) is 29.3 Å². The Hall–Kier alpha value is -0.530. The summed E-state index contributed by atoms with van der Waals surface area (Å²) in [6.45, 7) is 5.81. The van der Waals surface area contributed by atoms with Gasteiger partial charge in [-0.2, -0.15) is 0 Å². The number of aliphatic imine (C=N–C) groups is 1. The molecule has 4 nitrogen and oxygen atoms in total. The molecule has 114 valence electrons. The van der Waals surface area contributed by atoms with E-state index < -0.39 is 0 Å². The highest BCUT2D eigenvalue weighted by Gasteiger charge is 1.99. The number of guanidine groups is 1. The van der Waals surface area contributed by atoms with Gasteiger partial charge >= 0.3 is 0 Å². The Kier molecular flexibility index (Phi) is 10.9. The maximum absolute atomic E-state index is 5.85. The lowest BCUT2D eigenvalue weighted by Gasteiger charge is -2.16. The molecule has 0 unspecified atom stereocenters. The summed E-state index contributed by atoms with van der Waals surface area (Å²) >= 11 is 5.85. The average molecular weight is 411 g/mol. The molecule has 0 aliphatic rings. The van der Waals surface area contributed by atoms with E-state index in [4.69, 9.17) is 11.6 Å². The molecule has 0 spiro atoms. The van der Waals surface area contributed by atoms with E-state index in [2.05, 4.69) is 34.5 Å². The normalized spacial score (nSPS) is 11.2. The van der Waals surface area contributed by atoms with Gasteiger partial charge in [-0.3, -0.25) is 4.99 Å². The molecule has 1 rings (SSSR count). The van der Waals surface area contributed by atoms with Crippen LogP contribution in [0.1, 0.15) is 12.5 Å². The molecule has 1 aromatic carbocycles. The molecule has 0 saturated heterocycles. The molecule has 0 amide bonds. The monoisotopic (exact) mass is 410 g/mol. The van der Waals surface area contributed by atoms with Gasteiger partial charge in [0.2, 0.25) is 0 Å². The molecule has 1 aromatic rings. The minimum Gasteiger partial charge on any atom is -0.355 e. The van der Waals surface area contributed by atoms with Crippen LogP contribution in [-0.4, -0.2) is 44.6 Å². The fraction of sp³-hybridized carbons (Fsp3) is 0.500. The summed E-state index contributed by atoms with van der Waals surface area (Å²) < 4.78 is 0. The molecule has 0 atom stereocenters. The average Bonchev–Trinajstić information content (AvgIpc) is 2.44. The number of hydrogen-bond donors (Lipinski definition) is 2. The van der Waals surface area contributed by atoms with E-state index in [1.807, 2.05) is 24.3 Å². The predicted octanol–water partition coefficient (Wildman–Crippen LogP) is 2.57. The molecule has 2 N–H and O–H groups in total. The Balaban J connectivity index is 0.00000361. The molecule has 20 heavy (non-hydrogen) atoms. The second kappa shape index (κ2) is 11.2. The van der Waals surface area contributed by atoms with Gasteiger partial charge in [0.15, 0.2) is 5.96 Å². The van der Waals surface area contributed by atoms with Crippen LogP contribution in [-0.2, 0) is 6.54 Å². The number of likely N-dealkylation sites (N-methyl/N-ethyl adjacent to an activating group) is 1. The lowest BCUT2D eigenvalue weighted by molar-refractivity contribution is 0.357. The predicted molar refractivity (Wildman–Crippen MR) is 98.2 cm³/mol. The van der Waals surface area contributed by atoms with Gasteiger partial charge in [-0.25, -0.2) is 0 Å². The van der Waals surface area contributed by atoms with Gasteiger partial charge in [-0.1, -0.05) is 30.7 Å². The van der Waals surface area contributed by atoms with E-state index in [-0.39, 0.29) is 24.0 Å². The molecular weight excluding hydrogens is 387 g/mol. The van der Waals surface area contributed by atoms with Crippen LogP contribution in [0.4, 0.5) is 0 Å². The Morgan fingerprint density at radius 2 is 1.90 bits per heavy atom. The number of halogens is 2. The summed E-state index contributed by atoms with van der Waals surface area (Å²) in [5, 5.41) is 7.32. The zero-order valence-electron chi connectivity index (χ0n) is 12.3. The van der Waals surface area contributed by atoms with Gasteiger partial charge in [-0.05, 0) is 31.3 Å². The molecule has 0 aliphatic carbocycles. The lowest BCUT2D eigenvalue weighted by Crippen LogP contribution is -2.40. The first-order chi connectivity index (χ1) is 9.15. The fourth-order valence-electron chi connectivity index (χ4n) is 1.53. The van der Waals surface area contributed by atoms with Gasteiger partial charge < -0.3 is 15.5 Å². The van der Waals surface area contributed by atoms with E-state index in [0.717, 1.165) is 37.2 Å². The second-order valence-corrected chi connectivity index (χ2v) is 4.81. The van der Waals surface area contributed by atoms with Crippen molar-refractivity contribution in [2.75, 3.05) is 33.7 Å². The number of rotatable bonds is 6. The topological polar surface area (TPSA) is 39.7 Å². The number of nitrogens with zero attached hydrogens (tertiary/aromatic N) is 2. The third kappa shape index (κ3) is 7.91. The maximum Gasteiger partial charge on any atom is 0.191 e. The summed E-state index contributed by atoms with van der Waals surface area (Å²) in [5.74, 6) is 0.819. The van der Waals surface area contributed by atoms with Crippen molar-refractivity contribution in [3.05, 3.63) is 34.9 Å². The van der Waals surface area contributed by atoms with Crippen molar-refractivity contribution in [1.82, 2.24) is 15.5 Å². The van der Waals surface area contributed by atoms with Crippen molar-refractivity contribution in [3.8, 4) is 0 Å². The third-order valence-corrected chi connectivity index (χ3v) is 3.17. The van der Waals surface area contributed by atoms with Crippen molar-refractivity contribution >= 4 is 41.5 Å². The highest BCUT2D eigenvalue weighted by Crippen LogP contribution is 2.08. The smallest absolute Gasteiger partial charge is 0.191 e. The van der Waals surface area contributed by atoms with Crippen LogP contribution >= 0.6 is 35.6 Å². The van der Waals surface area contributed by atoms with E-state index in [1.54, 1.807) is 7.05 Å². The minimum absolute atomic E-state index is 0. The van der Waals surface area contributed by atoms with Crippen molar-refractivity contribution in [2.24, 2.45) is 4.99 Å². The van der Waals surface area contributed by atoms with Crippen LogP contribution in [0.25, 0.3) is 0 Å². The first kappa shape index (κ1) is 19.5. The van der Waals surface area contributed by atoms with E-state index in [0.29, 0.717) is 0 Å². The first-order valence-corrected chi connectivity index (χ1v) is 6.91. The van der Waals surface area contributed by atoms with Crippen LogP contribution in [0.5, 0.6) is 0 Å². The van der Waals surface area contributed by atoms with Crippen LogP contribution < -0.4 is 10.6 Å². The Morgan fingerprint density at radius 1 is 1.25 bits per heavy atom. The lowest BCUT2D eigenvalue weighted by atomic mass is 10.2. The number of benzene rings is 1. The SMILES string of the molecule is CCN(C)CCNC(=NC)NCc1ccc(Cl)cc1.I. The molecule has 0 aromatic heterocycles. The second-order valence-electron chi connectivity index (χ2n) is 4.37. The quantitative estimate of drug-likeness (QED) is 0.430. The molecule has 0 fully saturated rings. The minimum atomic E-state index is 0. The van der Waals surface area contributed by atoms with Gasteiger partial charge in [-0.15, -0.1) is 24.0 Å². The Morgan fingerprint density at radius 3 is 2.45 bits per heavy atom. The van der Waals surface area contributed by atoms with E-state index in [1.165, 1.54) is 5.56 Å². The van der Waals surface area contributed by atoms with Crippen molar-refractivity contribution in [3.63, 3.8) is 0 Å². The molecule has 6 heteroatoms. The van der Waals surface area contributed by atoms with Crippen molar-refractivity contribution in [2.45, 2.75) is 13.5 Å². The molecular formula is C14H24ClIN4. The van der Waals surface area contributed by atoms with E-state index >= 15 is 0 Å². The van der Waals surface area contributed by atoms with Crippen LogP contribution in [0, 0.1) is 0 Å². The number of hydrogen-bond acceptors (Lipinski definition) is 2. The fourth-order valence-corrected chi connectivity index (χ4v) is 1.66. The summed E-state index contributed by atoms with van der Waals surface area (Å²) in [7, 11) is 3.88. The maximum atomic E-state index is 5.85. The van der Waals surface area contributed by atoms with Crippen LogP contribution in [0.3, 0.4) is 0 Å². The number of nitrogens with one attached hydrogen (secondary N) is 2. The van der Waals surface area contributed by atoms with Gasteiger partial charge in [0.05, 0.1) is 0 Å². The molecule has 0 radical (unpaired) electrons. The van der Waals surface area contributed by atoms with E-state index in [9.17, 15) is 0 Å². The van der Waals surface area contributed by atoms with Crippen LogP contribution in [0.2, 0.25) is 5.02 Å². The molecule has 0 aliphatic heterocycles. The highest BCUT2D eigenvalue weighted by atomic mass is 127. The molecule has 0 saturated carbocycles. The van der Waals surface area contributed by atoms with Crippen molar-refractivity contribution < 1.29 is 0 Å².